The van der Waals surface area contributed by atoms with Crippen molar-refractivity contribution in [1.29, 1.82) is 0 Å². The van der Waals surface area contributed by atoms with Gasteiger partial charge in [-0.15, -0.1) is 0 Å². The van der Waals surface area contributed by atoms with Crippen LogP contribution in [0.15, 0.2) is 24.3 Å². The van der Waals surface area contributed by atoms with Gasteiger partial charge in [-0.1, -0.05) is 135 Å². The molecule has 0 heterocycles. The van der Waals surface area contributed by atoms with E-state index in [4.69, 9.17) is 9.84 Å². The van der Waals surface area contributed by atoms with Crippen LogP contribution in [0.5, 0.6) is 0 Å². The fraction of sp³-hybridized carbons (Fsp3) is 0.838. The number of ether oxygens (including phenoxy) is 1. The van der Waals surface area contributed by atoms with E-state index >= 15 is 0 Å². The second kappa shape index (κ2) is 32.9. The Morgan fingerprint density at radius 2 is 0.951 bits per heavy atom. The number of unbranched alkanes of at least 4 members (excludes halogenated alkanes) is 21. The first-order valence-electron chi connectivity index (χ1n) is 17.8. The Morgan fingerprint density at radius 1 is 0.537 bits per heavy atom. The zero-order chi connectivity index (χ0) is 30.1. The average molecular weight is 577 g/mol. The Bertz CT molecular complexity index is 624. The minimum Gasteiger partial charge on any atom is -0.481 e. The van der Waals surface area contributed by atoms with E-state index in [0.717, 1.165) is 51.4 Å². The third-order valence-electron chi connectivity index (χ3n) is 7.88. The first-order chi connectivity index (χ1) is 20.1. The fourth-order valence-electron chi connectivity index (χ4n) is 5.20. The van der Waals surface area contributed by atoms with E-state index in [1.54, 1.807) is 0 Å². The highest BCUT2D eigenvalue weighted by Crippen LogP contribution is 2.15. The topological polar surface area (TPSA) is 63.6 Å². The third-order valence-corrected chi connectivity index (χ3v) is 7.88. The van der Waals surface area contributed by atoms with E-state index in [9.17, 15) is 9.59 Å². The maximum atomic E-state index is 12.5. The van der Waals surface area contributed by atoms with Crippen molar-refractivity contribution in [2.75, 3.05) is 0 Å². The molecule has 1 N–H and O–H groups in total. The van der Waals surface area contributed by atoms with E-state index < -0.39 is 5.97 Å². The summed E-state index contributed by atoms with van der Waals surface area (Å²) >= 11 is 0. The third kappa shape index (κ3) is 32.8. The van der Waals surface area contributed by atoms with Gasteiger partial charge in [0.05, 0.1) is 0 Å². The van der Waals surface area contributed by atoms with Gasteiger partial charge in [0, 0.05) is 12.8 Å². The summed E-state index contributed by atoms with van der Waals surface area (Å²) in [6.07, 6.45) is 40.5. The van der Waals surface area contributed by atoms with Gasteiger partial charge >= 0.3 is 11.9 Å². The molecule has 0 aliphatic heterocycles. The highest BCUT2D eigenvalue weighted by molar-refractivity contribution is 5.69. The van der Waals surface area contributed by atoms with E-state index in [2.05, 4.69) is 38.2 Å². The van der Waals surface area contributed by atoms with Crippen molar-refractivity contribution >= 4 is 11.9 Å². The van der Waals surface area contributed by atoms with Crippen molar-refractivity contribution < 1.29 is 19.4 Å². The number of carbonyl (C=O) groups is 2. The summed E-state index contributed by atoms with van der Waals surface area (Å²) in [4.78, 5) is 23.2. The molecule has 0 rings (SSSR count). The van der Waals surface area contributed by atoms with Gasteiger partial charge in [0.1, 0.15) is 6.10 Å². The number of carboxylic acid groups (broad SMARTS) is 1. The molecule has 0 aromatic rings. The molecule has 240 valence electrons. The number of hydrogen-bond donors (Lipinski definition) is 1. The standard InChI is InChI=1S/C37H68O4/c1-3-5-7-9-11-13-14-15-16-17-18-20-22-24-30-34-37(40)41-35(32-28-25-26-29-33-36(38)39)31-27-23-21-19-12-10-8-6-4-2/h15-16,27,31,35H,3-14,17-26,28-30,32-34H2,1-2H3,(H,38,39)/b16-15-,31-27-. The summed E-state index contributed by atoms with van der Waals surface area (Å²) in [5.41, 5.74) is 0. The first kappa shape index (κ1) is 39.4. The average Bonchev–Trinajstić information content (AvgIpc) is 2.95. The summed E-state index contributed by atoms with van der Waals surface area (Å²) in [7, 11) is 0. The molecule has 0 fully saturated rings. The lowest BCUT2D eigenvalue weighted by Crippen LogP contribution is -2.16. The molecule has 0 saturated heterocycles. The van der Waals surface area contributed by atoms with Gasteiger partial charge in [-0.25, -0.2) is 0 Å². The fourth-order valence-corrected chi connectivity index (χ4v) is 5.20. The van der Waals surface area contributed by atoms with Crippen LogP contribution < -0.4 is 0 Å². The predicted octanol–water partition coefficient (Wildman–Crippen LogP) is 12.1. The smallest absolute Gasteiger partial charge is 0.306 e. The number of hydrogen-bond acceptors (Lipinski definition) is 3. The molecule has 0 radical (unpaired) electrons. The van der Waals surface area contributed by atoms with Crippen LogP contribution in [0.4, 0.5) is 0 Å². The Kier molecular flexibility index (Phi) is 31.7. The summed E-state index contributed by atoms with van der Waals surface area (Å²) in [6, 6.07) is 0. The normalized spacial score (nSPS) is 12.4. The predicted molar refractivity (Wildman–Crippen MR) is 176 cm³/mol. The number of rotatable bonds is 32. The number of aliphatic carboxylic acids is 1. The lowest BCUT2D eigenvalue weighted by atomic mass is 10.1. The van der Waals surface area contributed by atoms with Crippen LogP contribution in [-0.2, 0) is 14.3 Å². The van der Waals surface area contributed by atoms with Crippen molar-refractivity contribution in [3.05, 3.63) is 24.3 Å². The minimum atomic E-state index is -0.722. The second-order valence-electron chi connectivity index (χ2n) is 12.0. The van der Waals surface area contributed by atoms with Gasteiger partial charge in [0.15, 0.2) is 0 Å². The zero-order valence-corrected chi connectivity index (χ0v) is 27.4. The number of esters is 1. The van der Waals surface area contributed by atoms with E-state index in [-0.39, 0.29) is 18.5 Å². The Balaban J connectivity index is 4.04. The SMILES string of the molecule is CCCCCCCC/C=C\CCCCCCCC(=O)OC(/C=C\CCCCCCCCC)CCCCCCC(=O)O. The minimum absolute atomic E-state index is 0.0703. The van der Waals surface area contributed by atoms with Crippen molar-refractivity contribution in [3.63, 3.8) is 0 Å². The van der Waals surface area contributed by atoms with Crippen LogP contribution in [0.3, 0.4) is 0 Å². The molecule has 41 heavy (non-hydrogen) atoms. The van der Waals surface area contributed by atoms with Crippen molar-refractivity contribution in [2.45, 2.75) is 200 Å². The monoisotopic (exact) mass is 577 g/mol. The molecule has 1 atom stereocenters. The quantitative estimate of drug-likeness (QED) is 0.0491. The van der Waals surface area contributed by atoms with Crippen LogP contribution in [0.25, 0.3) is 0 Å². The highest BCUT2D eigenvalue weighted by Gasteiger charge is 2.11. The van der Waals surface area contributed by atoms with Gasteiger partial charge in [0.25, 0.3) is 0 Å². The van der Waals surface area contributed by atoms with Crippen LogP contribution >= 0.6 is 0 Å². The van der Waals surface area contributed by atoms with Gasteiger partial charge in [-0.2, -0.15) is 0 Å². The Labute approximate surface area is 255 Å². The van der Waals surface area contributed by atoms with Crippen LogP contribution in [0, 0.1) is 0 Å². The first-order valence-corrected chi connectivity index (χ1v) is 17.8. The molecule has 0 saturated carbocycles. The maximum absolute atomic E-state index is 12.5. The summed E-state index contributed by atoms with van der Waals surface area (Å²) < 4.78 is 5.86. The van der Waals surface area contributed by atoms with Gasteiger partial charge in [-0.05, 0) is 70.3 Å². The Morgan fingerprint density at radius 3 is 1.46 bits per heavy atom. The van der Waals surface area contributed by atoms with Crippen LogP contribution in [-0.4, -0.2) is 23.1 Å². The van der Waals surface area contributed by atoms with E-state index in [0.29, 0.717) is 6.42 Å². The van der Waals surface area contributed by atoms with Gasteiger partial charge in [0.2, 0.25) is 0 Å². The molecule has 1 unspecified atom stereocenters. The molecule has 0 amide bonds. The Hall–Kier alpha value is -1.58. The molecule has 0 aliphatic carbocycles. The summed E-state index contributed by atoms with van der Waals surface area (Å²) in [5.74, 6) is -0.792. The molecule has 4 nitrogen and oxygen atoms in total. The number of allylic oxidation sites excluding steroid dienone is 3. The zero-order valence-electron chi connectivity index (χ0n) is 27.4. The van der Waals surface area contributed by atoms with Crippen LogP contribution in [0.2, 0.25) is 0 Å². The number of carboxylic acids is 1. The number of carbonyl (C=O) groups excluding carboxylic acids is 1. The molecular formula is C37H68O4. The van der Waals surface area contributed by atoms with Gasteiger partial charge < -0.3 is 9.84 Å². The summed E-state index contributed by atoms with van der Waals surface area (Å²) in [5, 5.41) is 8.81. The van der Waals surface area contributed by atoms with Gasteiger partial charge in [-0.3, -0.25) is 9.59 Å². The largest absolute Gasteiger partial charge is 0.481 e. The molecule has 0 spiro atoms. The molecular weight excluding hydrogens is 508 g/mol. The van der Waals surface area contributed by atoms with Crippen molar-refractivity contribution in [3.8, 4) is 0 Å². The van der Waals surface area contributed by atoms with Crippen LogP contribution in [0.1, 0.15) is 194 Å². The molecule has 0 aromatic heterocycles. The summed E-state index contributed by atoms with van der Waals surface area (Å²) in [6.45, 7) is 4.52. The highest BCUT2D eigenvalue weighted by atomic mass is 16.5. The van der Waals surface area contributed by atoms with Crippen molar-refractivity contribution in [2.24, 2.45) is 0 Å². The maximum Gasteiger partial charge on any atom is 0.306 e. The van der Waals surface area contributed by atoms with Crippen molar-refractivity contribution in [1.82, 2.24) is 0 Å². The molecule has 0 aromatic carbocycles. The second-order valence-corrected chi connectivity index (χ2v) is 12.0. The molecule has 0 bridgehead atoms. The van der Waals surface area contributed by atoms with E-state index in [1.807, 2.05) is 0 Å². The van der Waals surface area contributed by atoms with E-state index in [1.165, 1.54) is 116 Å². The lowest BCUT2D eigenvalue weighted by Gasteiger charge is -2.15. The lowest BCUT2D eigenvalue weighted by molar-refractivity contribution is -0.147. The molecule has 4 heteroatoms. The molecule has 0 aliphatic rings.